The fourth-order valence-corrected chi connectivity index (χ4v) is 4.50. The van der Waals surface area contributed by atoms with Crippen LogP contribution in [0.3, 0.4) is 0 Å². The van der Waals surface area contributed by atoms with Gasteiger partial charge in [0.2, 0.25) is 0 Å². The van der Waals surface area contributed by atoms with Crippen LogP contribution in [-0.4, -0.2) is 35.3 Å². The fraction of sp³-hybridized carbons (Fsp3) is 0.261. The number of para-hydroxylation sites is 2. The van der Waals surface area contributed by atoms with Gasteiger partial charge in [-0.15, -0.1) is 0 Å². The number of esters is 1. The minimum atomic E-state index is -0.420. The quantitative estimate of drug-likeness (QED) is 0.470. The number of hydrogen-bond acceptors (Lipinski definition) is 5. The lowest BCUT2D eigenvalue weighted by Gasteiger charge is -2.22. The van der Waals surface area contributed by atoms with Crippen molar-refractivity contribution in [1.82, 2.24) is 4.98 Å². The molecule has 0 saturated heterocycles. The van der Waals surface area contributed by atoms with Gasteiger partial charge in [-0.2, -0.15) is 0 Å². The molecule has 0 radical (unpaired) electrons. The van der Waals surface area contributed by atoms with Crippen LogP contribution in [0.5, 0.6) is 0 Å². The summed E-state index contributed by atoms with van der Waals surface area (Å²) in [6.45, 7) is 3.78. The average Bonchev–Trinajstić information content (AvgIpc) is 3.06. The molecular weight excluding hydrogens is 384 g/mol. The topological polar surface area (TPSA) is 59.5 Å². The van der Waals surface area contributed by atoms with Crippen molar-refractivity contribution in [2.75, 3.05) is 17.3 Å². The molecule has 0 N–H and O–H groups in total. The molecule has 2 aromatic carbocycles. The molecule has 2 heterocycles. The van der Waals surface area contributed by atoms with Crippen LogP contribution in [0.2, 0.25) is 0 Å². The number of carbonyl (C=O) groups is 2. The number of nitrogens with zero attached hydrogens (tertiary/aromatic N) is 2. The maximum atomic E-state index is 12.6. The summed E-state index contributed by atoms with van der Waals surface area (Å²) < 4.78 is 5.24. The molecule has 0 unspecified atom stereocenters. The van der Waals surface area contributed by atoms with E-state index in [2.05, 4.69) is 4.98 Å². The number of fused-ring (bicyclic) bond motifs is 2. The molecule has 1 atom stereocenters. The van der Waals surface area contributed by atoms with E-state index in [1.165, 1.54) is 11.8 Å². The highest BCUT2D eigenvalue weighted by atomic mass is 32.2. The number of anilines is 1. The van der Waals surface area contributed by atoms with Gasteiger partial charge in [0.15, 0.2) is 6.61 Å². The summed E-state index contributed by atoms with van der Waals surface area (Å²) in [5.41, 5.74) is 4.07. The molecule has 0 saturated carbocycles. The summed E-state index contributed by atoms with van der Waals surface area (Å²) in [5.74, 6) is -0.499. The zero-order valence-electron chi connectivity index (χ0n) is 16.4. The van der Waals surface area contributed by atoms with Crippen molar-refractivity contribution in [1.29, 1.82) is 0 Å². The van der Waals surface area contributed by atoms with Gasteiger partial charge in [0, 0.05) is 17.1 Å². The number of benzene rings is 2. The van der Waals surface area contributed by atoms with Crippen LogP contribution in [0.1, 0.15) is 18.1 Å². The first-order chi connectivity index (χ1) is 14.0. The number of hydrogen-bond donors (Lipinski definition) is 0. The Bertz CT molecular complexity index is 1080. The summed E-state index contributed by atoms with van der Waals surface area (Å²) in [6, 6.07) is 17.8. The van der Waals surface area contributed by atoms with Crippen LogP contribution < -0.4 is 4.90 Å². The molecular formula is C23H22N2O3S. The average molecular weight is 407 g/mol. The number of aromatic nitrogens is 1. The molecule has 0 aliphatic carbocycles. The van der Waals surface area contributed by atoms with Crippen molar-refractivity contribution < 1.29 is 14.3 Å². The number of thioether (sulfide) groups is 1. The van der Waals surface area contributed by atoms with Crippen LogP contribution in [0.15, 0.2) is 59.6 Å². The lowest BCUT2D eigenvalue weighted by Crippen LogP contribution is -2.38. The molecule has 0 fully saturated rings. The van der Waals surface area contributed by atoms with E-state index in [1.807, 2.05) is 68.4 Å². The fourth-order valence-electron chi connectivity index (χ4n) is 3.72. The summed E-state index contributed by atoms with van der Waals surface area (Å²) in [4.78, 5) is 31.1. The number of pyridine rings is 1. The van der Waals surface area contributed by atoms with Crippen LogP contribution in [0.4, 0.5) is 5.69 Å². The Kier molecular flexibility index (Phi) is 5.53. The third-order valence-corrected chi connectivity index (χ3v) is 5.95. The highest BCUT2D eigenvalue weighted by Crippen LogP contribution is 2.31. The molecule has 3 aromatic rings. The molecule has 29 heavy (non-hydrogen) atoms. The zero-order chi connectivity index (χ0) is 20.4. The van der Waals surface area contributed by atoms with Gasteiger partial charge < -0.3 is 9.64 Å². The van der Waals surface area contributed by atoms with Crippen LogP contribution in [0.25, 0.3) is 10.9 Å². The van der Waals surface area contributed by atoms with Crippen molar-refractivity contribution in [2.45, 2.75) is 31.3 Å². The third kappa shape index (κ3) is 4.12. The van der Waals surface area contributed by atoms with E-state index in [9.17, 15) is 9.59 Å². The zero-order valence-corrected chi connectivity index (χ0v) is 17.2. The first-order valence-corrected chi connectivity index (χ1v) is 10.6. The normalized spacial score (nSPS) is 15.4. The van der Waals surface area contributed by atoms with E-state index in [-0.39, 0.29) is 24.3 Å². The summed E-state index contributed by atoms with van der Waals surface area (Å²) in [5, 5.41) is 1.87. The van der Waals surface area contributed by atoms with Crippen molar-refractivity contribution in [3.05, 3.63) is 65.7 Å². The lowest BCUT2D eigenvalue weighted by atomic mass is 10.1. The van der Waals surface area contributed by atoms with E-state index in [4.69, 9.17) is 4.74 Å². The summed E-state index contributed by atoms with van der Waals surface area (Å²) in [6.07, 6.45) is 0.818. The molecule has 1 amide bonds. The Hall–Kier alpha value is -2.86. The second kappa shape index (κ2) is 8.25. The molecule has 148 valence electrons. The largest absolute Gasteiger partial charge is 0.455 e. The standard InChI is InChI=1S/C23H22N2O3S/c1-15-11-21(24-19-9-5-4-8-18(15)19)29-14-23(27)28-13-22(26)25-16(2)12-17-7-3-6-10-20(17)25/h3-11,16H,12-14H2,1-2H3/t16-/m0/s1. The van der Waals surface area contributed by atoms with E-state index < -0.39 is 5.97 Å². The minimum Gasteiger partial charge on any atom is -0.455 e. The van der Waals surface area contributed by atoms with Crippen LogP contribution in [-0.2, 0) is 20.7 Å². The van der Waals surface area contributed by atoms with Gasteiger partial charge >= 0.3 is 5.97 Å². The number of rotatable bonds is 5. The molecule has 1 aliphatic rings. The molecule has 5 nitrogen and oxygen atoms in total. The van der Waals surface area contributed by atoms with Gasteiger partial charge in [0.25, 0.3) is 5.91 Å². The Morgan fingerprint density at radius 1 is 1.17 bits per heavy atom. The molecule has 1 aliphatic heterocycles. The minimum absolute atomic E-state index is 0.0674. The number of aryl methyl sites for hydroxylation is 1. The van der Waals surface area contributed by atoms with Crippen LogP contribution >= 0.6 is 11.8 Å². The molecule has 4 rings (SSSR count). The van der Waals surface area contributed by atoms with Crippen molar-refractivity contribution >= 4 is 40.2 Å². The van der Waals surface area contributed by atoms with Gasteiger partial charge in [0.1, 0.15) is 0 Å². The first-order valence-electron chi connectivity index (χ1n) is 9.57. The second-order valence-electron chi connectivity index (χ2n) is 7.19. The SMILES string of the molecule is Cc1cc(SCC(=O)OCC(=O)N2c3ccccc3C[C@@H]2C)nc2ccccc12. The highest BCUT2D eigenvalue weighted by molar-refractivity contribution is 7.99. The molecule has 1 aromatic heterocycles. The predicted molar refractivity (Wildman–Crippen MR) is 115 cm³/mol. The molecule has 0 spiro atoms. The Balaban J connectivity index is 1.33. The smallest absolute Gasteiger partial charge is 0.316 e. The second-order valence-corrected chi connectivity index (χ2v) is 8.19. The highest BCUT2D eigenvalue weighted by Gasteiger charge is 2.30. The maximum Gasteiger partial charge on any atom is 0.316 e. The van der Waals surface area contributed by atoms with E-state index in [1.54, 1.807) is 4.90 Å². The lowest BCUT2D eigenvalue weighted by molar-refractivity contribution is -0.145. The van der Waals surface area contributed by atoms with E-state index in [0.29, 0.717) is 0 Å². The third-order valence-electron chi connectivity index (χ3n) is 5.07. The first kappa shape index (κ1) is 19.5. The Morgan fingerprint density at radius 3 is 2.79 bits per heavy atom. The van der Waals surface area contributed by atoms with Gasteiger partial charge in [-0.05, 0) is 49.6 Å². The van der Waals surface area contributed by atoms with Crippen molar-refractivity contribution in [3.8, 4) is 0 Å². The molecule has 0 bridgehead atoms. The molecule has 6 heteroatoms. The van der Waals surface area contributed by atoms with Gasteiger partial charge in [-0.1, -0.05) is 48.2 Å². The number of ether oxygens (including phenoxy) is 1. The van der Waals surface area contributed by atoms with Crippen molar-refractivity contribution in [2.24, 2.45) is 0 Å². The van der Waals surface area contributed by atoms with E-state index in [0.717, 1.165) is 39.2 Å². The number of amides is 1. The van der Waals surface area contributed by atoms with Gasteiger partial charge in [-0.25, -0.2) is 4.98 Å². The van der Waals surface area contributed by atoms with E-state index >= 15 is 0 Å². The maximum absolute atomic E-state index is 12.6. The Morgan fingerprint density at radius 2 is 1.93 bits per heavy atom. The van der Waals surface area contributed by atoms with Gasteiger partial charge in [-0.3, -0.25) is 9.59 Å². The number of carbonyl (C=O) groups excluding carboxylic acids is 2. The van der Waals surface area contributed by atoms with Gasteiger partial charge in [0.05, 0.1) is 16.3 Å². The van der Waals surface area contributed by atoms with Crippen molar-refractivity contribution in [3.63, 3.8) is 0 Å². The summed E-state index contributed by atoms with van der Waals surface area (Å²) >= 11 is 1.32. The predicted octanol–water partition coefficient (Wildman–Crippen LogP) is 4.16. The summed E-state index contributed by atoms with van der Waals surface area (Å²) in [7, 11) is 0. The monoisotopic (exact) mass is 406 g/mol. The Labute approximate surface area is 174 Å². The van der Waals surface area contributed by atoms with Crippen LogP contribution in [0, 0.1) is 6.92 Å².